The first-order chi connectivity index (χ1) is 14.0. The van der Waals surface area contributed by atoms with Crippen LogP contribution in [0, 0.1) is 13.8 Å². The van der Waals surface area contributed by atoms with Gasteiger partial charge in [0.1, 0.15) is 15.7 Å². The van der Waals surface area contributed by atoms with Gasteiger partial charge in [0.15, 0.2) is 0 Å². The van der Waals surface area contributed by atoms with E-state index in [4.69, 9.17) is 0 Å². The zero-order valence-corrected chi connectivity index (χ0v) is 16.6. The van der Waals surface area contributed by atoms with Gasteiger partial charge in [-0.3, -0.25) is 14.6 Å². The smallest absolute Gasteiger partial charge is 0.267 e. The Morgan fingerprint density at radius 1 is 1.07 bits per heavy atom. The Labute approximate surface area is 170 Å². The van der Waals surface area contributed by atoms with Crippen LogP contribution >= 0.6 is 11.3 Å². The molecule has 8 heteroatoms. The first kappa shape index (κ1) is 18.7. The molecule has 0 spiro atoms. The molecule has 7 nitrogen and oxygen atoms in total. The number of anilines is 1. The van der Waals surface area contributed by atoms with E-state index in [-0.39, 0.29) is 11.5 Å². The van der Waals surface area contributed by atoms with Crippen LogP contribution in [0.3, 0.4) is 0 Å². The second-order valence-corrected chi connectivity index (χ2v) is 7.44. The highest BCUT2D eigenvalue weighted by Crippen LogP contribution is 2.28. The summed E-state index contributed by atoms with van der Waals surface area (Å²) in [6, 6.07) is 12.4. The lowest BCUT2D eigenvalue weighted by molar-refractivity contribution is 0.103. The summed E-state index contributed by atoms with van der Waals surface area (Å²) in [5.41, 5.74) is 3.25. The number of hydrogen-bond acceptors (Lipinski definition) is 6. The molecule has 2 N–H and O–H groups in total. The zero-order chi connectivity index (χ0) is 20.4. The highest BCUT2D eigenvalue weighted by Gasteiger charge is 2.17. The molecule has 0 bridgehead atoms. The fourth-order valence-electron chi connectivity index (χ4n) is 2.87. The van der Waals surface area contributed by atoms with Gasteiger partial charge in [-0.05, 0) is 38.1 Å². The molecule has 4 aromatic rings. The molecule has 0 aliphatic rings. The number of aryl methyl sites for hydroxylation is 2. The van der Waals surface area contributed by atoms with Crippen molar-refractivity contribution in [2.24, 2.45) is 0 Å². The van der Waals surface area contributed by atoms with E-state index in [0.29, 0.717) is 33.3 Å². The van der Waals surface area contributed by atoms with Crippen LogP contribution in [0.25, 0.3) is 22.0 Å². The van der Waals surface area contributed by atoms with Gasteiger partial charge in [0.25, 0.3) is 11.5 Å². The Morgan fingerprint density at radius 2 is 1.90 bits per heavy atom. The number of carbonyl (C=O) groups excluding carboxylic acids is 1. The van der Waals surface area contributed by atoms with Crippen molar-refractivity contribution in [3.63, 3.8) is 0 Å². The second kappa shape index (κ2) is 7.76. The van der Waals surface area contributed by atoms with E-state index in [2.05, 4.69) is 25.3 Å². The van der Waals surface area contributed by atoms with E-state index in [1.165, 1.54) is 17.4 Å². The van der Waals surface area contributed by atoms with Crippen LogP contribution in [-0.2, 0) is 0 Å². The summed E-state index contributed by atoms with van der Waals surface area (Å²) in [6.07, 6.45) is 3.42. The summed E-state index contributed by atoms with van der Waals surface area (Å²) < 4.78 is 0. The van der Waals surface area contributed by atoms with Crippen LogP contribution in [0.2, 0.25) is 0 Å². The van der Waals surface area contributed by atoms with Gasteiger partial charge in [-0.15, -0.1) is 11.3 Å². The molecule has 4 rings (SSSR count). The van der Waals surface area contributed by atoms with E-state index in [9.17, 15) is 9.59 Å². The maximum atomic E-state index is 12.8. The third kappa shape index (κ3) is 4.12. The fraction of sp³-hybridized carbons (Fsp3) is 0.0952. The van der Waals surface area contributed by atoms with Crippen LogP contribution in [0.1, 0.15) is 21.1 Å². The predicted octanol–water partition coefficient (Wildman–Crippen LogP) is 3.82. The van der Waals surface area contributed by atoms with Crippen molar-refractivity contribution in [3.8, 4) is 22.0 Å². The van der Waals surface area contributed by atoms with Crippen LogP contribution in [0.15, 0.2) is 59.7 Å². The Bertz CT molecular complexity index is 1250. The van der Waals surface area contributed by atoms with E-state index in [0.717, 1.165) is 10.6 Å². The standard InChI is InChI=1S/C21H17N5O2S/c1-12-9-17(27)26-19(23-12)14-5-3-7-16(10-14)25-20(28)18-13(2)24-21(29-18)15-6-4-8-22-11-15/h3-11H,1-2H3,(H,25,28)(H,23,26,27). The minimum absolute atomic E-state index is 0.217. The number of benzene rings is 1. The molecular formula is C21H17N5O2S. The van der Waals surface area contributed by atoms with Gasteiger partial charge in [-0.2, -0.15) is 0 Å². The Hall–Kier alpha value is -3.65. The quantitative estimate of drug-likeness (QED) is 0.539. The van der Waals surface area contributed by atoms with Gasteiger partial charge < -0.3 is 10.3 Å². The zero-order valence-electron chi connectivity index (χ0n) is 15.8. The first-order valence-corrected chi connectivity index (χ1v) is 9.69. The highest BCUT2D eigenvalue weighted by molar-refractivity contribution is 7.17. The summed E-state index contributed by atoms with van der Waals surface area (Å²) in [4.78, 5) is 40.7. The fourth-order valence-corrected chi connectivity index (χ4v) is 3.82. The molecule has 1 amide bonds. The number of carbonyl (C=O) groups is 1. The third-order valence-corrected chi connectivity index (χ3v) is 5.38. The normalized spacial score (nSPS) is 10.7. The lowest BCUT2D eigenvalue weighted by Crippen LogP contribution is -2.12. The largest absolute Gasteiger partial charge is 0.321 e. The van der Waals surface area contributed by atoms with E-state index < -0.39 is 0 Å². The minimum atomic E-state index is -0.238. The van der Waals surface area contributed by atoms with Crippen molar-refractivity contribution < 1.29 is 4.79 Å². The van der Waals surface area contributed by atoms with Crippen molar-refractivity contribution in [2.75, 3.05) is 5.32 Å². The molecule has 0 radical (unpaired) electrons. The van der Waals surface area contributed by atoms with Crippen molar-refractivity contribution in [1.29, 1.82) is 0 Å². The predicted molar refractivity (Wildman–Crippen MR) is 113 cm³/mol. The SMILES string of the molecule is Cc1cc(=O)[nH]c(-c2cccc(NC(=O)c3sc(-c4cccnc4)nc3C)c2)n1. The minimum Gasteiger partial charge on any atom is -0.321 e. The third-order valence-electron chi connectivity index (χ3n) is 4.17. The molecule has 0 saturated heterocycles. The van der Waals surface area contributed by atoms with Crippen molar-refractivity contribution in [3.05, 3.63) is 81.5 Å². The molecular weight excluding hydrogens is 386 g/mol. The lowest BCUT2D eigenvalue weighted by atomic mass is 10.2. The molecule has 3 aromatic heterocycles. The van der Waals surface area contributed by atoms with Gasteiger partial charge in [-0.1, -0.05) is 12.1 Å². The van der Waals surface area contributed by atoms with Gasteiger partial charge in [-0.25, -0.2) is 9.97 Å². The summed E-state index contributed by atoms with van der Waals surface area (Å²) >= 11 is 1.32. The molecule has 3 heterocycles. The monoisotopic (exact) mass is 403 g/mol. The Morgan fingerprint density at radius 3 is 2.66 bits per heavy atom. The van der Waals surface area contributed by atoms with Gasteiger partial charge in [0, 0.05) is 41.0 Å². The number of nitrogens with zero attached hydrogens (tertiary/aromatic N) is 3. The van der Waals surface area contributed by atoms with Crippen LogP contribution in [0.4, 0.5) is 5.69 Å². The summed E-state index contributed by atoms with van der Waals surface area (Å²) in [5, 5.41) is 3.65. The maximum absolute atomic E-state index is 12.8. The number of amides is 1. The first-order valence-electron chi connectivity index (χ1n) is 8.87. The van der Waals surface area contributed by atoms with Crippen molar-refractivity contribution in [1.82, 2.24) is 19.9 Å². The number of nitrogens with one attached hydrogen (secondary N) is 2. The lowest BCUT2D eigenvalue weighted by Gasteiger charge is -2.07. The summed E-state index contributed by atoms with van der Waals surface area (Å²) in [6.45, 7) is 3.57. The molecule has 0 atom stereocenters. The molecule has 0 unspecified atom stereocenters. The molecule has 1 aromatic carbocycles. The summed E-state index contributed by atoms with van der Waals surface area (Å²) in [5.74, 6) is 0.219. The Balaban J connectivity index is 1.59. The summed E-state index contributed by atoms with van der Waals surface area (Å²) in [7, 11) is 0. The number of thiazole rings is 1. The molecule has 0 saturated carbocycles. The second-order valence-electron chi connectivity index (χ2n) is 6.45. The van der Waals surface area contributed by atoms with Crippen LogP contribution < -0.4 is 10.9 Å². The highest BCUT2D eigenvalue weighted by atomic mass is 32.1. The number of hydrogen-bond donors (Lipinski definition) is 2. The topological polar surface area (TPSA) is 101 Å². The van der Waals surface area contributed by atoms with Crippen LogP contribution in [-0.4, -0.2) is 25.8 Å². The number of aromatic amines is 1. The number of rotatable bonds is 4. The molecule has 0 fully saturated rings. The van der Waals surface area contributed by atoms with Gasteiger partial charge >= 0.3 is 0 Å². The number of aromatic nitrogens is 4. The average Bonchev–Trinajstić information content (AvgIpc) is 3.10. The van der Waals surface area contributed by atoms with E-state index >= 15 is 0 Å². The van der Waals surface area contributed by atoms with Gasteiger partial charge in [0.2, 0.25) is 0 Å². The van der Waals surface area contributed by atoms with Crippen molar-refractivity contribution in [2.45, 2.75) is 13.8 Å². The van der Waals surface area contributed by atoms with E-state index in [1.54, 1.807) is 37.5 Å². The van der Waals surface area contributed by atoms with Gasteiger partial charge in [0.05, 0.1) is 5.69 Å². The number of pyridine rings is 1. The molecule has 29 heavy (non-hydrogen) atoms. The number of H-pyrrole nitrogens is 1. The average molecular weight is 403 g/mol. The van der Waals surface area contributed by atoms with Crippen LogP contribution in [0.5, 0.6) is 0 Å². The molecule has 0 aliphatic carbocycles. The van der Waals surface area contributed by atoms with E-state index in [1.807, 2.05) is 25.1 Å². The molecule has 144 valence electrons. The van der Waals surface area contributed by atoms with Crippen molar-refractivity contribution >= 4 is 22.9 Å². The maximum Gasteiger partial charge on any atom is 0.267 e. The molecule has 0 aliphatic heterocycles. The Kier molecular flexibility index (Phi) is 5.01.